The standard InChI is InChI=1S/C16H15ClN2O/c1-11-4-5-12-8-13(16(17)19-15(12)7-11)9-18-10-14-3-2-6-20-14/h2-8,18H,9-10H2,1H3/p+1. The lowest BCUT2D eigenvalue weighted by Gasteiger charge is -2.06. The van der Waals surface area contributed by atoms with Gasteiger partial charge in [-0.25, -0.2) is 4.98 Å². The topological polar surface area (TPSA) is 42.6 Å². The van der Waals surface area contributed by atoms with Gasteiger partial charge < -0.3 is 9.73 Å². The summed E-state index contributed by atoms with van der Waals surface area (Å²) in [7, 11) is 0. The Morgan fingerprint density at radius 2 is 2.10 bits per heavy atom. The summed E-state index contributed by atoms with van der Waals surface area (Å²) in [4.78, 5) is 4.47. The number of rotatable bonds is 4. The highest BCUT2D eigenvalue weighted by Gasteiger charge is 2.07. The van der Waals surface area contributed by atoms with Gasteiger partial charge >= 0.3 is 0 Å². The highest BCUT2D eigenvalue weighted by Crippen LogP contribution is 2.20. The van der Waals surface area contributed by atoms with Gasteiger partial charge in [-0.05, 0) is 36.8 Å². The number of quaternary nitrogens is 1. The van der Waals surface area contributed by atoms with Gasteiger partial charge in [0.2, 0.25) is 0 Å². The molecule has 4 heteroatoms. The molecule has 0 saturated heterocycles. The van der Waals surface area contributed by atoms with Gasteiger partial charge in [0.25, 0.3) is 0 Å². The third-order valence-electron chi connectivity index (χ3n) is 3.29. The van der Waals surface area contributed by atoms with Crippen LogP contribution in [0.15, 0.2) is 47.1 Å². The van der Waals surface area contributed by atoms with E-state index >= 15 is 0 Å². The molecule has 0 spiro atoms. The zero-order valence-electron chi connectivity index (χ0n) is 11.3. The lowest BCUT2D eigenvalue weighted by atomic mass is 10.1. The van der Waals surface area contributed by atoms with Crippen LogP contribution in [0.2, 0.25) is 5.15 Å². The number of halogens is 1. The molecule has 0 bridgehead atoms. The fourth-order valence-corrected chi connectivity index (χ4v) is 2.46. The van der Waals surface area contributed by atoms with Crippen molar-refractivity contribution in [3.05, 3.63) is 64.7 Å². The summed E-state index contributed by atoms with van der Waals surface area (Å²) in [6.07, 6.45) is 1.69. The number of aryl methyl sites for hydroxylation is 1. The maximum absolute atomic E-state index is 6.26. The first-order chi connectivity index (χ1) is 9.72. The number of nitrogens with two attached hydrogens (primary N) is 1. The van der Waals surface area contributed by atoms with Crippen molar-refractivity contribution < 1.29 is 9.73 Å². The van der Waals surface area contributed by atoms with Gasteiger partial charge in [-0.15, -0.1) is 0 Å². The molecule has 3 aromatic rings. The molecular formula is C16H16ClN2O+. The molecule has 1 aromatic carbocycles. The van der Waals surface area contributed by atoms with E-state index < -0.39 is 0 Å². The largest absolute Gasteiger partial charge is 0.463 e. The van der Waals surface area contributed by atoms with Gasteiger partial charge in [-0.2, -0.15) is 0 Å². The van der Waals surface area contributed by atoms with Crippen LogP contribution in [0.5, 0.6) is 0 Å². The Kier molecular flexibility index (Phi) is 3.72. The molecule has 0 saturated carbocycles. The highest BCUT2D eigenvalue weighted by atomic mass is 35.5. The van der Waals surface area contributed by atoms with Crippen molar-refractivity contribution in [1.82, 2.24) is 4.98 Å². The van der Waals surface area contributed by atoms with Gasteiger partial charge in [-0.1, -0.05) is 23.7 Å². The predicted molar refractivity (Wildman–Crippen MR) is 79.5 cm³/mol. The number of hydrogen-bond donors (Lipinski definition) is 1. The van der Waals surface area contributed by atoms with Crippen molar-refractivity contribution in [3.8, 4) is 0 Å². The Morgan fingerprint density at radius 3 is 2.90 bits per heavy atom. The number of pyridine rings is 1. The lowest BCUT2D eigenvalue weighted by Crippen LogP contribution is -2.80. The van der Waals surface area contributed by atoms with E-state index in [0.717, 1.165) is 35.3 Å². The van der Waals surface area contributed by atoms with E-state index in [1.54, 1.807) is 6.26 Å². The van der Waals surface area contributed by atoms with E-state index in [-0.39, 0.29) is 0 Å². The van der Waals surface area contributed by atoms with Crippen LogP contribution in [0.3, 0.4) is 0 Å². The molecular weight excluding hydrogens is 272 g/mol. The quantitative estimate of drug-likeness (QED) is 0.750. The van der Waals surface area contributed by atoms with Crippen LogP contribution in [0.1, 0.15) is 16.9 Å². The molecule has 0 atom stereocenters. The maximum Gasteiger partial charge on any atom is 0.157 e. The summed E-state index contributed by atoms with van der Waals surface area (Å²) in [5.74, 6) is 0.963. The molecule has 0 aliphatic rings. The van der Waals surface area contributed by atoms with Crippen LogP contribution in [0.25, 0.3) is 10.9 Å². The van der Waals surface area contributed by atoms with E-state index in [1.807, 2.05) is 12.1 Å². The first-order valence-corrected chi connectivity index (χ1v) is 7.00. The van der Waals surface area contributed by atoms with Crippen LogP contribution in [-0.4, -0.2) is 4.98 Å². The Morgan fingerprint density at radius 1 is 1.20 bits per heavy atom. The van der Waals surface area contributed by atoms with Crippen molar-refractivity contribution in [2.75, 3.05) is 0 Å². The molecule has 0 aliphatic heterocycles. The van der Waals surface area contributed by atoms with Crippen LogP contribution in [0.4, 0.5) is 0 Å². The van der Waals surface area contributed by atoms with E-state index in [9.17, 15) is 0 Å². The zero-order chi connectivity index (χ0) is 13.9. The molecule has 0 amide bonds. The normalized spacial score (nSPS) is 11.1. The van der Waals surface area contributed by atoms with Crippen molar-refractivity contribution in [1.29, 1.82) is 0 Å². The van der Waals surface area contributed by atoms with Crippen molar-refractivity contribution in [2.45, 2.75) is 20.0 Å². The maximum atomic E-state index is 6.26. The summed E-state index contributed by atoms with van der Waals surface area (Å²) in [5.41, 5.74) is 3.19. The smallest absolute Gasteiger partial charge is 0.157 e. The summed E-state index contributed by atoms with van der Waals surface area (Å²) < 4.78 is 5.31. The number of hydrogen-bond acceptors (Lipinski definition) is 2. The predicted octanol–water partition coefficient (Wildman–Crippen LogP) is 3.05. The third-order valence-corrected chi connectivity index (χ3v) is 3.62. The van der Waals surface area contributed by atoms with E-state index in [2.05, 4.69) is 41.5 Å². The molecule has 0 unspecified atom stereocenters. The minimum absolute atomic E-state index is 0.582. The number of benzene rings is 1. The van der Waals surface area contributed by atoms with Gasteiger partial charge in [0.1, 0.15) is 18.2 Å². The molecule has 3 rings (SSSR count). The third kappa shape index (κ3) is 2.84. The zero-order valence-corrected chi connectivity index (χ0v) is 12.0. The van der Waals surface area contributed by atoms with Crippen LogP contribution >= 0.6 is 11.6 Å². The Labute approximate surface area is 122 Å². The summed E-state index contributed by atoms with van der Waals surface area (Å²) in [6, 6.07) is 12.2. The van der Waals surface area contributed by atoms with Gasteiger partial charge in [-0.3, -0.25) is 0 Å². The molecule has 20 heavy (non-hydrogen) atoms. The minimum atomic E-state index is 0.582. The minimum Gasteiger partial charge on any atom is -0.463 e. The molecule has 0 radical (unpaired) electrons. The van der Waals surface area contributed by atoms with Crippen LogP contribution in [0, 0.1) is 6.92 Å². The molecule has 2 N–H and O–H groups in total. The fourth-order valence-electron chi connectivity index (χ4n) is 2.24. The SMILES string of the molecule is Cc1ccc2cc(C[NH2+]Cc3ccco3)c(Cl)nc2c1. The first-order valence-electron chi connectivity index (χ1n) is 6.62. The van der Waals surface area contributed by atoms with Crippen LogP contribution in [-0.2, 0) is 13.1 Å². The number of fused-ring (bicyclic) bond motifs is 1. The first kappa shape index (κ1) is 13.2. The number of nitrogens with zero attached hydrogens (tertiary/aromatic N) is 1. The van der Waals surface area contributed by atoms with Crippen molar-refractivity contribution >= 4 is 22.5 Å². The second-order valence-corrected chi connectivity index (χ2v) is 5.27. The summed E-state index contributed by atoms with van der Waals surface area (Å²) in [5, 5.41) is 3.86. The molecule has 0 aliphatic carbocycles. The number of furan rings is 1. The average Bonchev–Trinajstić information content (AvgIpc) is 2.93. The molecule has 2 heterocycles. The summed E-state index contributed by atoms with van der Waals surface area (Å²) >= 11 is 6.26. The molecule has 2 aromatic heterocycles. The molecule has 102 valence electrons. The summed E-state index contributed by atoms with van der Waals surface area (Å²) in [6.45, 7) is 3.64. The fraction of sp³-hybridized carbons (Fsp3) is 0.188. The Hall–Kier alpha value is -1.84. The van der Waals surface area contributed by atoms with Gasteiger partial charge in [0.15, 0.2) is 5.76 Å². The van der Waals surface area contributed by atoms with Gasteiger partial charge in [0.05, 0.1) is 11.8 Å². The second kappa shape index (κ2) is 5.65. The van der Waals surface area contributed by atoms with Crippen LogP contribution < -0.4 is 5.32 Å². The lowest BCUT2D eigenvalue weighted by molar-refractivity contribution is -0.687. The average molecular weight is 288 g/mol. The molecule has 0 fully saturated rings. The molecule has 3 nitrogen and oxygen atoms in total. The van der Waals surface area contributed by atoms with Crippen molar-refractivity contribution in [3.63, 3.8) is 0 Å². The second-order valence-electron chi connectivity index (χ2n) is 4.91. The highest BCUT2D eigenvalue weighted by molar-refractivity contribution is 6.30. The monoisotopic (exact) mass is 287 g/mol. The Bertz CT molecular complexity index is 723. The number of aromatic nitrogens is 1. The van der Waals surface area contributed by atoms with Gasteiger partial charge in [0, 0.05) is 10.9 Å². The van der Waals surface area contributed by atoms with E-state index in [1.165, 1.54) is 5.56 Å². The van der Waals surface area contributed by atoms with E-state index in [4.69, 9.17) is 16.0 Å². The van der Waals surface area contributed by atoms with Crippen molar-refractivity contribution in [2.24, 2.45) is 0 Å². The Balaban J connectivity index is 1.77. The van der Waals surface area contributed by atoms with E-state index in [0.29, 0.717) is 5.15 Å².